The van der Waals surface area contributed by atoms with Crippen molar-refractivity contribution in [3.05, 3.63) is 53.3 Å². The minimum absolute atomic E-state index is 0.231. The summed E-state index contributed by atoms with van der Waals surface area (Å²) in [4.78, 5) is 0. The first-order valence-corrected chi connectivity index (χ1v) is 6.01. The smallest absolute Gasteiger partial charge is 0.0644 e. The van der Waals surface area contributed by atoms with Gasteiger partial charge < -0.3 is 5.32 Å². The number of rotatable bonds is 4. The van der Waals surface area contributed by atoms with E-state index in [4.69, 9.17) is 0 Å². The van der Waals surface area contributed by atoms with Crippen molar-refractivity contribution in [3.63, 3.8) is 0 Å². The zero-order valence-electron chi connectivity index (χ0n) is 10.6. The lowest BCUT2D eigenvalue weighted by Gasteiger charge is -2.17. The molecule has 2 aromatic rings. The minimum Gasteiger partial charge on any atom is -0.306 e. The third-order valence-corrected chi connectivity index (χ3v) is 2.90. The van der Waals surface area contributed by atoms with E-state index in [2.05, 4.69) is 54.7 Å². The minimum atomic E-state index is 0.231. The third-order valence-electron chi connectivity index (χ3n) is 2.90. The monoisotopic (exact) mass is 229 g/mol. The predicted octanol–water partition coefficient (Wildman–Crippen LogP) is 2.43. The summed E-state index contributed by atoms with van der Waals surface area (Å²) in [5.74, 6) is 0. The molecule has 0 aliphatic carbocycles. The number of hydrogen-bond acceptors (Lipinski definition) is 2. The molecule has 0 aliphatic heterocycles. The van der Waals surface area contributed by atoms with Crippen molar-refractivity contribution in [1.82, 2.24) is 15.1 Å². The first kappa shape index (κ1) is 11.9. The highest BCUT2D eigenvalue weighted by Gasteiger charge is 2.16. The van der Waals surface area contributed by atoms with Crippen molar-refractivity contribution >= 4 is 0 Å². The van der Waals surface area contributed by atoms with Gasteiger partial charge in [-0.1, -0.05) is 37.3 Å². The van der Waals surface area contributed by atoms with Crippen LogP contribution in [-0.2, 0) is 7.05 Å². The van der Waals surface area contributed by atoms with Gasteiger partial charge >= 0.3 is 0 Å². The van der Waals surface area contributed by atoms with E-state index in [0.29, 0.717) is 0 Å². The molecular formula is C14H19N3. The van der Waals surface area contributed by atoms with Crippen LogP contribution in [0.2, 0.25) is 0 Å². The second-order valence-corrected chi connectivity index (χ2v) is 4.24. The van der Waals surface area contributed by atoms with Gasteiger partial charge in [-0.2, -0.15) is 5.10 Å². The maximum atomic E-state index is 4.42. The molecule has 1 atom stereocenters. The summed E-state index contributed by atoms with van der Waals surface area (Å²) in [6.07, 6.45) is 2.09. The molecule has 0 saturated heterocycles. The Bertz CT molecular complexity index is 473. The molecule has 1 aromatic heterocycles. The molecule has 0 saturated carbocycles. The summed E-state index contributed by atoms with van der Waals surface area (Å²) in [7, 11) is 1.96. The number of hydrogen-bond donors (Lipinski definition) is 1. The second-order valence-electron chi connectivity index (χ2n) is 4.24. The van der Waals surface area contributed by atoms with Gasteiger partial charge in [0.15, 0.2) is 0 Å². The summed E-state index contributed by atoms with van der Waals surface area (Å²) >= 11 is 0. The van der Waals surface area contributed by atoms with Crippen molar-refractivity contribution in [2.45, 2.75) is 19.9 Å². The molecule has 17 heavy (non-hydrogen) atoms. The molecule has 0 bridgehead atoms. The molecule has 1 heterocycles. The molecule has 1 unspecified atom stereocenters. The van der Waals surface area contributed by atoms with E-state index in [0.717, 1.165) is 12.2 Å². The first-order chi connectivity index (χ1) is 8.22. The molecule has 0 fully saturated rings. The Hall–Kier alpha value is -1.61. The van der Waals surface area contributed by atoms with Crippen LogP contribution in [0.25, 0.3) is 0 Å². The fourth-order valence-corrected chi connectivity index (χ4v) is 2.16. The Morgan fingerprint density at radius 2 is 2.00 bits per heavy atom. The molecule has 0 radical (unpaired) electrons. The van der Waals surface area contributed by atoms with Crippen LogP contribution in [0.4, 0.5) is 0 Å². The lowest BCUT2D eigenvalue weighted by atomic mass is 9.99. The van der Waals surface area contributed by atoms with Crippen LogP contribution in [-0.4, -0.2) is 16.3 Å². The van der Waals surface area contributed by atoms with E-state index in [1.807, 2.05) is 17.8 Å². The Balaban J connectivity index is 2.39. The quantitative estimate of drug-likeness (QED) is 0.872. The fraction of sp³-hybridized carbons (Fsp3) is 0.357. The SMILES string of the molecule is CCNC(c1ccccc1)c1cn(C)nc1C. The van der Waals surface area contributed by atoms with Gasteiger partial charge in [-0.05, 0) is 19.0 Å². The van der Waals surface area contributed by atoms with E-state index in [1.54, 1.807) is 0 Å². The molecule has 90 valence electrons. The van der Waals surface area contributed by atoms with Gasteiger partial charge in [0, 0.05) is 18.8 Å². The lowest BCUT2D eigenvalue weighted by Crippen LogP contribution is -2.22. The lowest BCUT2D eigenvalue weighted by molar-refractivity contribution is 0.627. The van der Waals surface area contributed by atoms with E-state index < -0.39 is 0 Å². The average Bonchev–Trinajstić information content (AvgIpc) is 2.66. The van der Waals surface area contributed by atoms with Crippen LogP contribution < -0.4 is 5.32 Å². The third kappa shape index (κ3) is 2.56. The predicted molar refractivity (Wildman–Crippen MR) is 69.9 cm³/mol. The van der Waals surface area contributed by atoms with Gasteiger partial charge in [0.05, 0.1) is 11.7 Å². The highest BCUT2D eigenvalue weighted by atomic mass is 15.3. The zero-order chi connectivity index (χ0) is 12.3. The van der Waals surface area contributed by atoms with E-state index in [1.165, 1.54) is 11.1 Å². The summed E-state index contributed by atoms with van der Waals surface area (Å²) in [6.45, 7) is 5.12. The van der Waals surface area contributed by atoms with Crippen LogP contribution in [0.5, 0.6) is 0 Å². The normalized spacial score (nSPS) is 12.6. The van der Waals surface area contributed by atoms with E-state index >= 15 is 0 Å². The molecule has 0 aliphatic rings. The zero-order valence-corrected chi connectivity index (χ0v) is 10.6. The van der Waals surface area contributed by atoms with E-state index in [9.17, 15) is 0 Å². The molecule has 0 amide bonds. The van der Waals surface area contributed by atoms with Crippen LogP contribution in [0.1, 0.15) is 29.8 Å². The standard InChI is InChI=1S/C14H19N3/c1-4-15-14(12-8-6-5-7-9-12)13-10-17(3)16-11(13)2/h5-10,14-15H,4H2,1-3H3. The van der Waals surface area contributed by atoms with Crippen molar-refractivity contribution in [2.24, 2.45) is 7.05 Å². The van der Waals surface area contributed by atoms with Crippen LogP contribution in [0.15, 0.2) is 36.5 Å². The van der Waals surface area contributed by atoms with Crippen molar-refractivity contribution in [1.29, 1.82) is 0 Å². The number of aromatic nitrogens is 2. The highest BCUT2D eigenvalue weighted by molar-refractivity contribution is 5.32. The van der Waals surface area contributed by atoms with Crippen molar-refractivity contribution in [2.75, 3.05) is 6.54 Å². The fourth-order valence-electron chi connectivity index (χ4n) is 2.16. The molecular weight excluding hydrogens is 210 g/mol. The molecule has 1 N–H and O–H groups in total. The van der Waals surface area contributed by atoms with Gasteiger partial charge in [-0.3, -0.25) is 4.68 Å². The summed E-state index contributed by atoms with van der Waals surface area (Å²) in [5, 5.41) is 7.93. The summed E-state index contributed by atoms with van der Waals surface area (Å²) in [5.41, 5.74) is 3.62. The second kappa shape index (κ2) is 5.15. The van der Waals surface area contributed by atoms with Gasteiger partial charge in [0.2, 0.25) is 0 Å². The molecule has 3 heteroatoms. The maximum Gasteiger partial charge on any atom is 0.0644 e. The van der Waals surface area contributed by atoms with Crippen LogP contribution in [0.3, 0.4) is 0 Å². The van der Waals surface area contributed by atoms with Gasteiger partial charge in [-0.15, -0.1) is 0 Å². The molecule has 3 nitrogen and oxygen atoms in total. The Morgan fingerprint density at radius 1 is 1.29 bits per heavy atom. The molecule has 0 spiro atoms. The number of nitrogens with one attached hydrogen (secondary N) is 1. The summed E-state index contributed by atoms with van der Waals surface area (Å²) in [6, 6.07) is 10.7. The van der Waals surface area contributed by atoms with Gasteiger partial charge in [0.1, 0.15) is 0 Å². The topological polar surface area (TPSA) is 29.9 Å². The van der Waals surface area contributed by atoms with Crippen LogP contribution in [0, 0.1) is 6.92 Å². The maximum absolute atomic E-state index is 4.42. The molecule has 2 rings (SSSR count). The largest absolute Gasteiger partial charge is 0.306 e. The summed E-state index contributed by atoms with van der Waals surface area (Å²) < 4.78 is 1.87. The number of benzene rings is 1. The van der Waals surface area contributed by atoms with Gasteiger partial charge in [-0.25, -0.2) is 0 Å². The first-order valence-electron chi connectivity index (χ1n) is 6.01. The Morgan fingerprint density at radius 3 is 2.53 bits per heavy atom. The van der Waals surface area contributed by atoms with E-state index in [-0.39, 0.29) is 6.04 Å². The number of nitrogens with zero attached hydrogens (tertiary/aromatic N) is 2. The average molecular weight is 229 g/mol. The molecule has 1 aromatic carbocycles. The van der Waals surface area contributed by atoms with Crippen molar-refractivity contribution < 1.29 is 0 Å². The van der Waals surface area contributed by atoms with Crippen molar-refractivity contribution in [3.8, 4) is 0 Å². The van der Waals surface area contributed by atoms with Crippen LogP contribution >= 0.6 is 0 Å². The Kier molecular flexibility index (Phi) is 3.59. The highest BCUT2D eigenvalue weighted by Crippen LogP contribution is 2.23. The number of aryl methyl sites for hydroxylation is 2. The van der Waals surface area contributed by atoms with Gasteiger partial charge in [0.25, 0.3) is 0 Å². The Labute approximate surface area is 102 Å².